The highest BCUT2D eigenvalue weighted by molar-refractivity contribution is 6.59. The Morgan fingerprint density at radius 2 is 1.08 bits per heavy atom. The van der Waals surface area contributed by atoms with Gasteiger partial charge in [-0.15, -0.1) is 0 Å². The number of hydrogen-bond donors (Lipinski definition) is 0. The Balaban J connectivity index is 1.46. The molecule has 0 radical (unpaired) electrons. The summed E-state index contributed by atoms with van der Waals surface area (Å²) >= 11 is 0. The van der Waals surface area contributed by atoms with E-state index in [9.17, 15) is 4.39 Å². The average molecular weight is 833 g/mol. The van der Waals surface area contributed by atoms with Crippen molar-refractivity contribution in [2.45, 2.75) is 40.5 Å². The molecule has 0 atom stereocenters. The Labute approximate surface area is 350 Å². The standard InChI is InChI=1S/C49H44BF7N4/c1-9-31-27(3)48-42(41-43(51)45(53)47(55)46(54)44(41)52)49-28(4)32(10-2)40(26-22-30-20-24-38(59(7)8)36-18-14-12-16-34(30)36)61(49)50(56,57)60(48)39(31)25-21-29-19-23-37(58(5)6)35-17-13-11-15-33(29)35/h11-26H,9-10H2,1-8H3. The summed E-state index contributed by atoms with van der Waals surface area (Å²) in [5, 5.41) is 3.61. The number of rotatable bonds is 9. The molecule has 0 saturated heterocycles. The fourth-order valence-corrected chi connectivity index (χ4v) is 9.39. The highest BCUT2D eigenvalue weighted by atomic mass is 19.2. The van der Waals surface area contributed by atoms with E-state index < -0.39 is 47.2 Å². The predicted molar refractivity (Wildman–Crippen MR) is 237 cm³/mol. The first-order valence-corrected chi connectivity index (χ1v) is 20.2. The van der Waals surface area contributed by atoms with Gasteiger partial charge in [0.15, 0.2) is 34.7 Å². The minimum Gasteiger partial charge on any atom is -0.389 e. The van der Waals surface area contributed by atoms with Gasteiger partial charge < -0.3 is 27.4 Å². The summed E-state index contributed by atoms with van der Waals surface area (Å²) in [5.41, 5.74) is 2.45. The van der Waals surface area contributed by atoms with E-state index in [4.69, 9.17) is 0 Å². The number of halogens is 7. The molecule has 2 aliphatic heterocycles. The zero-order chi connectivity index (χ0) is 43.8. The third-order valence-corrected chi connectivity index (χ3v) is 12.2. The number of fused-ring (bicyclic) bond motifs is 4. The molecule has 0 amide bonds. The number of hydrogen-bond acceptors (Lipinski definition) is 2. The van der Waals surface area contributed by atoms with E-state index in [1.54, 1.807) is 52.0 Å². The van der Waals surface area contributed by atoms with E-state index in [2.05, 4.69) is 0 Å². The van der Waals surface area contributed by atoms with Crippen LogP contribution in [0.4, 0.5) is 42.0 Å². The van der Waals surface area contributed by atoms with E-state index in [-0.39, 0.29) is 46.8 Å². The minimum absolute atomic E-state index is 0.0531. The van der Waals surface area contributed by atoms with Gasteiger partial charge in [0.2, 0.25) is 5.82 Å². The summed E-state index contributed by atoms with van der Waals surface area (Å²) in [6.07, 6.45) is 7.02. The van der Waals surface area contributed by atoms with Crippen LogP contribution in [0.2, 0.25) is 0 Å². The molecule has 0 aliphatic carbocycles. The third-order valence-electron chi connectivity index (χ3n) is 12.2. The Morgan fingerprint density at radius 1 is 0.607 bits per heavy atom. The van der Waals surface area contributed by atoms with Gasteiger partial charge in [-0.05, 0) is 84.0 Å². The van der Waals surface area contributed by atoms with Crippen molar-refractivity contribution in [2.75, 3.05) is 38.0 Å². The SMILES string of the molecule is CCC1=C(C)C2=C(c3c(F)c(F)c(F)c(F)c3F)c3c(C)c(CC)c(C=Cc4ccc(N(C)C)c5ccccc45)n3[B-](F)(F)[N+]2=C1C=Cc1ccc(N(C)C)c2ccccc12. The van der Waals surface area contributed by atoms with Crippen LogP contribution < -0.4 is 9.80 Å². The third kappa shape index (κ3) is 6.24. The van der Waals surface area contributed by atoms with Crippen molar-refractivity contribution in [3.63, 3.8) is 0 Å². The van der Waals surface area contributed by atoms with Gasteiger partial charge in [0, 0.05) is 78.9 Å². The lowest BCUT2D eigenvalue weighted by Gasteiger charge is -2.34. The van der Waals surface area contributed by atoms with Gasteiger partial charge in [0.1, 0.15) is 0 Å². The van der Waals surface area contributed by atoms with Crippen LogP contribution >= 0.6 is 0 Å². The maximum atomic E-state index is 18.2. The molecule has 312 valence electrons. The molecule has 2 aliphatic rings. The Morgan fingerprint density at radius 3 is 1.56 bits per heavy atom. The van der Waals surface area contributed by atoms with E-state index in [0.29, 0.717) is 11.1 Å². The van der Waals surface area contributed by atoms with Gasteiger partial charge in [-0.2, -0.15) is 0 Å². The topological polar surface area (TPSA) is 14.4 Å². The first-order chi connectivity index (χ1) is 29.1. The fourth-order valence-electron chi connectivity index (χ4n) is 9.39. The summed E-state index contributed by atoms with van der Waals surface area (Å²) < 4.78 is 116. The number of aromatic nitrogens is 1. The van der Waals surface area contributed by atoms with Crippen molar-refractivity contribution in [1.29, 1.82) is 0 Å². The van der Waals surface area contributed by atoms with Crippen LogP contribution in [0.15, 0.2) is 95.7 Å². The van der Waals surface area contributed by atoms with Gasteiger partial charge in [-0.1, -0.05) is 80.6 Å². The molecule has 5 aromatic carbocycles. The molecule has 0 spiro atoms. The molecular weight excluding hydrogens is 788 g/mol. The largest absolute Gasteiger partial charge is 0.737 e. The summed E-state index contributed by atoms with van der Waals surface area (Å²) in [4.78, 5) is 3.96. The van der Waals surface area contributed by atoms with Gasteiger partial charge >= 0.3 is 6.97 Å². The lowest BCUT2D eigenvalue weighted by atomic mass is 9.83. The van der Waals surface area contributed by atoms with Crippen molar-refractivity contribution in [3.8, 4) is 0 Å². The molecule has 0 unspecified atom stereocenters. The molecule has 3 heterocycles. The van der Waals surface area contributed by atoms with Gasteiger partial charge in [0.05, 0.1) is 11.1 Å². The molecule has 0 saturated carbocycles. The molecule has 1 aromatic heterocycles. The van der Waals surface area contributed by atoms with Crippen LogP contribution in [0.1, 0.15) is 66.4 Å². The van der Waals surface area contributed by atoms with Crippen LogP contribution in [-0.2, 0) is 6.42 Å². The Hall–Kier alpha value is -6.30. The summed E-state index contributed by atoms with van der Waals surface area (Å²) in [5.74, 6) is -10.9. The second-order valence-corrected chi connectivity index (χ2v) is 15.9. The number of allylic oxidation sites excluding steroid dienone is 3. The summed E-state index contributed by atoms with van der Waals surface area (Å²) in [6, 6.07) is 23.1. The molecule has 4 nitrogen and oxygen atoms in total. The van der Waals surface area contributed by atoms with Gasteiger partial charge in [-0.3, -0.25) is 0 Å². The van der Waals surface area contributed by atoms with Crippen molar-refractivity contribution in [3.05, 3.63) is 164 Å². The molecule has 61 heavy (non-hydrogen) atoms. The lowest BCUT2D eigenvalue weighted by Crippen LogP contribution is -2.52. The van der Waals surface area contributed by atoms with Crippen LogP contribution in [0.5, 0.6) is 0 Å². The van der Waals surface area contributed by atoms with Gasteiger partial charge in [-0.25, -0.2) is 22.0 Å². The fraction of sp³-hybridized carbons (Fsp3) is 0.204. The maximum absolute atomic E-state index is 18.2. The van der Waals surface area contributed by atoms with Crippen molar-refractivity contribution < 1.29 is 35.1 Å². The molecule has 0 N–H and O–H groups in total. The maximum Gasteiger partial charge on any atom is 0.737 e. The molecule has 0 fully saturated rings. The quantitative estimate of drug-likeness (QED) is 0.0624. The zero-order valence-corrected chi connectivity index (χ0v) is 35.2. The monoisotopic (exact) mass is 832 g/mol. The van der Waals surface area contributed by atoms with Gasteiger partial charge in [0.25, 0.3) is 0 Å². The smallest absolute Gasteiger partial charge is 0.389 e. The van der Waals surface area contributed by atoms with Crippen molar-refractivity contribution in [1.82, 2.24) is 4.48 Å². The second kappa shape index (κ2) is 15.3. The normalized spacial score (nSPS) is 15.1. The predicted octanol–water partition coefficient (Wildman–Crippen LogP) is 12.6. The molecule has 6 aromatic rings. The van der Waals surface area contributed by atoms with E-state index in [1.165, 1.54) is 0 Å². The number of anilines is 2. The van der Waals surface area contributed by atoms with Crippen molar-refractivity contribution >= 4 is 69.4 Å². The highest BCUT2D eigenvalue weighted by Gasteiger charge is 2.58. The number of nitrogens with zero attached hydrogens (tertiary/aromatic N) is 4. The first kappa shape index (κ1) is 41.4. The summed E-state index contributed by atoms with van der Waals surface area (Å²) in [6.45, 7) is 1.75. The summed E-state index contributed by atoms with van der Waals surface area (Å²) in [7, 11) is 7.71. The molecular formula is C49H44BF7N4. The van der Waals surface area contributed by atoms with Crippen LogP contribution in [-0.4, -0.2) is 49.8 Å². The Kier molecular flexibility index (Phi) is 10.4. The zero-order valence-electron chi connectivity index (χ0n) is 35.2. The van der Waals surface area contributed by atoms with Crippen molar-refractivity contribution in [2.24, 2.45) is 0 Å². The van der Waals surface area contributed by atoms with E-state index in [0.717, 1.165) is 53.0 Å². The minimum atomic E-state index is -4.90. The average Bonchev–Trinajstić information content (AvgIpc) is 3.71. The Bertz CT molecular complexity index is 2970. The first-order valence-electron chi connectivity index (χ1n) is 20.2. The van der Waals surface area contributed by atoms with E-state index >= 15 is 26.2 Å². The molecule has 0 bridgehead atoms. The second-order valence-electron chi connectivity index (χ2n) is 15.9. The van der Waals surface area contributed by atoms with Crippen LogP contribution in [0.3, 0.4) is 0 Å². The number of benzene rings is 5. The van der Waals surface area contributed by atoms with Crippen LogP contribution in [0, 0.1) is 36.0 Å². The van der Waals surface area contributed by atoms with E-state index in [1.807, 2.05) is 111 Å². The lowest BCUT2D eigenvalue weighted by molar-refractivity contribution is -0.362. The molecule has 12 heteroatoms. The molecule has 8 rings (SSSR count). The van der Waals surface area contributed by atoms with Crippen LogP contribution in [0.25, 0.3) is 45.3 Å². The highest BCUT2D eigenvalue weighted by Crippen LogP contribution is 2.49.